The Kier molecular flexibility index (Phi) is 7.54. The van der Waals surface area contributed by atoms with Gasteiger partial charge in [-0.1, -0.05) is 17.9 Å². The summed E-state index contributed by atoms with van der Waals surface area (Å²) in [5, 5.41) is 8.00. The zero-order chi connectivity index (χ0) is 19.5. The molecule has 27 heavy (non-hydrogen) atoms. The normalized spacial score (nSPS) is 9.41. The summed E-state index contributed by atoms with van der Waals surface area (Å²) in [6, 6.07) is 13.7. The number of hydrogen-bond donors (Lipinski definition) is 3. The van der Waals surface area contributed by atoms with Crippen LogP contribution in [0.4, 0.5) is 16.2 Å². The molecule has 140 valence electrons. The summed E-state index contributed by atoms with van der Waals surface area (Å²) in [4.78, 5) is 22.8. The molecule has 0 heterocycles. The number of hydrogen-bond acceptors (Lipinski definition) is 4. The van der Waals surface area contributed by atoms with Crippen LogP contribution in [0.15, 0.2) is 48.5 Å². The maximum absolute atomic E-state index is 11.8. The maximum atomic E-state index is 11.8. The minimum absolute atomic E-state index is 0.147. The lowest BCUT2D eigenvalue weighted by Crippen LogP contribution is -2.28. The van der Waals surface area contributed by atoms with Crippen molar-refractivity contribution in [2.24, 2.45) is 0 Å². The molecule has 0 saturated carbocycles. The SMILES string of the molecule is COc1ccc(NC(=O)NCC#CCOc2cccc(NC(C)=O)c2)cc1. The van der Waals surface area contributed by atoms with E-state index in [2.05, 4.69) is 27.8 Å². The van der Waals surface area contributed by atoms with Gasteiger partial charge in [0.25, 0.3) is 0 Å². The van der Waals surface area contributed by atoms with Gasteiger partial charge in [0.05, 0.1) is 13.7 Å². The second-order valence-corrected chi connectivity index (χ2v) is 5.39. The van der Waals surface area contributed by atoms with Gasteiger partial charge >= 0.3 is 6.03 Å². The molecule has 0 aliphatic carbocycles. The molecule has 3 N–H and O–H groups in total. The number of anilines is 2. The van der Waals surface area contributed by atoms with Crippen LogP contribution >= 0.6 is 0 Å². The smallest absolute Gasteiger partial charge is 0.319 e. The molecule has 0 radical (unpaired) electrons. The van der Waals surface area contributed by atoms with E-state index in [1.807, 2.05) is 0 Å². The number of nitrogens with one attached hydrogen (secondary N) is 3. The number of methoxy groups -OCH3 is 1. The second kappa shape index (κ2) is 10.4. The van der Waals surface area contributed by atoms with Crippen molar-refractivity contribution in [1.29, 1.82) is 0 Å². The molecule has 0 atom stereocenters. The van der Waals surface area contributed by atoms with Gasteiger partial charge in [-0.25, -0.2) is 4.79 Å². The van der Waals surface area contributed by atoms with Crippen molar-refractivity contribution < 1.29 is 19.1 Å². The summed E-state index contributed by atoms with van der Waals surface area (Å²) >= 11 is 0. The fraction of sp³-hybridized carbons (Fsp3) is 0.200. The number of carbonyl (C=O) groups excluding carboxylic acids is 2. The van der Waals surface area contributed by atoms with Crippen molar-refractivity contribution in [2.45, 2.75) is 6.92 Å². The van der Waals surface area contributed by atoms with Gasteiger partial charge in [-0.3, -0.25) is 4.79 Å². The molecule has 2 aromatic carbocycles. The van der Waals surface area contributed by atoms with E-state index in [1.54, 1.807) is 55.6 Å². The number of urea groups is 1. The van der Waals surface area contributed by atoms with Gasteiger partial charge in [0, 0.05) is 24.4 Å². The van der Waals surface area contributed by atoms with E-state index < -0.39 is 0 Å². The molecular weight excluding hydrogens is 346 g/mol. The average molecular weight is 367 g/mol. The molecule has 2 aromatic rings. The van der Waals surface area contributed by atoms with Gasteiger partial charge in [-0.2, -0.15) is 0 Å². The predicted octanol–water partition coefficient (Wildman–Crippen LogP) is 2.86. The highest BCUT2D eigenvalue weighted by molar-refractivity contribution is 5.89. The lowest BCUT2D eigenvalue weighted by molar-refractivity contribution is -0.114. The third-order valence-corrected chi connectivity index (χ3v) is 3.28. The molecule has 0 spiro atoms. The average Bonchev–Trinajstić information content (AvgIpc) is 2.65. The summed E-state index contributed by atoms with van der Waals surface area (Å²) in [6.07, 6.45) is 0. The summed E-state index contributed by atoms with van der Waals surface area (Å²) in [7, 11) is 1.58. The van der Waals surface area contributed by atoms with Gasteiger partial charge in [0.1, 0.15) is 18.1 Å². The Morgan fingerprint density at radius 2 is 1.74 bits per heavy atom. The summed E-state index contributed by atoms with van der Waals surface area (Å²) in [6.45, 7) is 1.80. The van der Waals surface area contributed by atoms with Crippen molar-refractivity contribution >= 4 is 23.3 Å². The first-order chi connectivity index (χ1) is 13.1. The number of rotatable bonds is 6. The highest BCUT2D eigenvalue weighted by Gasteiger charge is 2.00. The summed E-state index contributed by atoms with van der Waals surface area (Å²) in [5.41, 5.74) is 1.31. The van der Waals surface area contributed by atoms with Gasteiger partial charge < -0.3 is 25.4 Å². The Balaban J connectivity index is 1.69. The predicted molar refractivity (Wildman–Crippen MR) is 104 cm³/mol. The molecule has 3 amide bonds. The van der Waals surface area contributed by atoms with Gasteiger partial charge in [0.2, 0.25) is 5.91 Å². The molecule has 0 saturated heterocycles. The molecule has 0 bridgehead atoms. The first kappa shape index (κ1) is 19.7. The molecule has 7 nitrogen and oxygen atoms in total. The molecule has 0 aliphatic heterocycles. The largest absolute Gasteiger partial charge is 0.497 e. The zero-order valence-electron chi connectivity index (χ0n) is 15.2. The second-order valence-electron chi connectivity index (χ2n) is 5.39. The van der Waals surface area contributed by atoms with Crippen LogP contribution in [0.25, 0.3) is 0 Å². The van der Waals surface area contributed by atoms with Crippen LogP contribution < -0.4 is 25.4 Å². The molecular formula is C20H21N3O4. The minimum atomic E-state index is -0.349. The lowest BCUT2D eigenvalue weighted by Gasteiger charge is -2.06. The Bertz CT molecular complexity index is 838. The molecule has 0 aromatic heterocycles. The summed E-state index contributed by atoms with van der Waals surface area (Å²) in [5.74, 6) is 6.78. The van der Waals surface area contributed by atoms with Gasteiger partial charge in [-0.15, -0.1) is 0 Å². The fourth-order valence-electron chi connectivity index (χ4n) is 2.07. The highest BCUT2D eigenvalue weighted by atomic mass is 16.5. The van der Waals surface area contributed by atoms with Crippen molar-refractivity contribution in [2.75, 3.05) is 30.9 Å². The first-order valence-corrected chi connectivity index (χ1v) is 8.22. The van der Waals surface area contributed by atoms with Crippen molar-refractivity contribution in [1.82, 2.24) is 5.32 Å². The van der Waals surface area contributed by atoms with E-state index in [9.17, 15) is 9.59 Å². The molecule has 7 heteroatoms. The minimum Gasteiger partial charge on any atom is -0.497 e. The monoisotopic (exact) mass is 367 g/mol. The van der Waals surface area contributed by atoms with E-state index in [4.69, 9.17) is 9.47 Å². The topological polar surface area (TPSA) is 88.7 Å². The Morgan fingerprint density at radius 3 is 2.44 bits per heavy atom. The Hall–Kier alpha value is -3.66. The molecule has 0 aliphatic rings. The van der Waals surface area contributed by atoms with E-state index in [0.717, 1.165) is 5.75 Å². The summed E-state index contributed by atoms with van der Waals surface area (Å²) < 4.78 is 10.5. The van der Waals surface area contributed by atoms with Crippen LogP contribution in [0.2, 0.25) is 0 Å². The quantitative estimate of drug-likeness (QED) is 0.685. The van der Waals surface area contributed by atoms with Crippen LogP contribution in [-0.4, -0.2) is 32.2 Å². The van der Waals surface area contributed by atoms with Crippen molar-refractivity contribution in [3.8, 4) is 23.3 Å². The Labute approximate surface area is 158 Å². The number of ether oxygens (including phenoxy) is 2. The maximum Gasteiger partial charge on any atom is 0.319 e. The van der Waals surface area contributed by atoms with Gasteiger partial charge in [0.15, 0.2) is 0 Å². The van der Waals surface area contributed by atoms with E-state index >= 15 is 0 Å². The lowest BCUT2D eigenvalue weighted by atomic mass is 10.3. The van der Waals surface area contributed by atoms with E-state index in [1.165, 1.54) is 6.92 Å². The van der Waals surface area contributed by atoms with Crippen LogP contribution in [-0.2, 0) is 4.79 Å². The number of benzene rings is 2. The standard InChI is InChI=1S/C20H21N3O4/c1-15(24)22-17-6-5-7-19(14-17)27-13-4-3-12-21-20(25)23-16-8-10-18(26-2)11-9-16/h5-11,14H,12-13H2,1-2H3,(H,22,24)(H2,21,23,25). The third-order valence-electron chi connectivity index (χ3n) is 3.28. The highest BCUT2D eigenvalue weighted by Crippen LogP contribution is 2.17. The zero-order valence-corrected chi connectivity index (χ0v) is 15.2. The first-order valence-electron chi connectivity index (χ1n) is 8.22. The van der Waals surface area contributed by atoms with Gasteiger partial charge in [-0.05, 0) is 36.4 Å². The number of carbonyl (C=O) groups is 2. The Morgan fingerprint density at radius 1 is 0.963 bits per heavy atom. The van der Waals surface area contributed by atoms with Crippen LogP contribution in [0.5, 0.6) is 11.5 Å². The van der Waals surface area contributed by atoms with E-state index in [0.29, 0.717) is 17.1 Å². The molecule has 2 rings (SSSR count). The van der Waals surface area contributed by atoms with Crippen LogP contribution in [0, 0.1) is 11.8 Å². The fourth-order valence-corrected chi connectivity index (χ4v) is 2.07. The van der Waals surface area contributed by atoms with E-state index in [-0.39, 0.29) is 25.1 Å². The molecule has 0 unspecified atom stereocenters. The van der Waals surface area contributed by atoms with Crippen LogP contribution in [0.1, 0.15) is 6.92 Å². The molecule has 0 fully saturated rings. The van der Waals surface area contributed by atoms with Crippen molar-refractivity contribution in [3.63, 3.8) is 0 Å². The van der Waals surface area contributed by atoms with Crippen LogP contribution in [0.3, 0.4) is 0 Å². The third kappa shape index (κ3) is 7.40. The van der Waals surface area contributed by atoms with Crippen molar-refractivity contribution in [3.05, 3.63) is 48.5 Å². The number of amides is 3.